The highest BCUT2D eigenvalue weighted by Gasteiger charge is 2.30. The molecule has 0 bridgehead atoms. The van der Waals surface area contributed by atoms with E-state index >= 15 is 0 Å². The Balaban J connectivity index is 4.32. The third-order valence-electron chi connectivity index (χ3n) is 1.86. The molecule has 0 saturated carbocycles. The van der Waals surface area contributed by atoms with Crippen molar-refractivity contribution < 1.29 is 28.2 Å². The number of carboxylic acids is 1. The summed E-state index contributed by atoms with van der Waals surface area (Å²) in [5.41, 5.74) is -0.770. The van der Waals surface area contributed by atoms with Crippen LogP contribution in [-0.4, -0.2) is 45.7 Å². The van der Waals surface area contributed by atoms with E-state index in [1.165, 1.54) is 0 Å². The minimum atomic E-state index is -3.11. The molecule has 2 N–H and O–H groups in total. The maximum Gasteiger partial charge on any atom is 0.408 e. The van der Waals surface area contributed by atoms with Crippen molar-refractivity contribution in [2.75, 3.05) is 11.6 Å². The molecule has 0 heterocycles. The molecule has 0 rings (SSSR count). The average molecular weight is 334 g/mol. The Morgan fingerprint density at radius 1 is 1.40 bits per heavy atom. The molecule has 0 aromatic rings. The van der Waals surface area contributed by atoms with E-state index in [4.69, 9.17) is 21.4 Å². The molecule has 9 heteroatoms. The topological polar surface area (TPSA) is 75.6 Å². The van der Waals surface area contributed by atoms with E-state index < -0.39 is 34.8 Å². The highest BCUT2D eigenvalue weighted by molar-refractivity contribution is 8.00. The number of carbonyl (C=O) groups is 2. The Labute approximate surface area is 125 Å². The summed E-state index contributed by atoms with van der Waals surface area (Å²) in [6.45, 7) is 4.87. The SMILES string of the molecule is CC(C)(C)OC(=O)NC(CCSC(F)(F)CCl)C(=O)O. The number of hydrogen-bond donors (Lipinski definition) is 2. The number of halogens is 3. The number of ether oxygens (including phenoxy) is 1. The molecule has 0 saturated heterocycles. The highest BCUT2D eigenvalue weighted by Crippen LogP contribution is 2.30. The first kappa shape index (κ1) is 19.2. The number of alkyl carbamates (subject to hydrolysis) is 1. The van der Waals surface area contributed by atoms with Gasteiger partial charge in [-0.15, -0.1) is 11.6 Å². The van der Waals surface area contributed by atoms with E-state index in [2.05, 4.69) is 5.32 Å². The van der Waals surface area contributed by atoms with Crippen LogP contribution in [0.25, 0.3) is 0 Å². The van der Waals surface area contributed by atoms with Crippen LogP contribution in [0.2, 0.25) is 0 Å². The number of amides is 1. The molecule has 20 heavy (non-hydrogen) atoms. The minimum Gasteiger partial charge on any atom is -0.480 e. The third kappa shape index (κ3) is 9.19. The number of alkyl halides is 3. The molecule has 0 aliphatic carbocycles. The molecule has 0 aliphatic rings. The lowest BCUT2D eigenvalue weighted by Crippen LogP contribution is -2.43. The zero-order valence-electron chi connectivity index (χ0n) is 11.4. The zero-order chi connectivity index (χ0) is 16.0. The van der Waals surface area contributed by atoms with Crippen LogP contribution < -0.4 is 5.32 Å². The maximum absolute atomic E-state index is 12.9. The van der Waals surface area contributed by atoms with Crippen LogP contribution in [0.1, 0.15) is 27.2 Å². The third-order valence-corrected chi connectivity index (χ3v) is 3.37. The lowest BCUT2D eigenvalue weighted by atomic mass is 10.2. The molecule has 1 atom stereocenters. The molecule has 0 aliphatic heterocycles. The summed E-state index contributed by atoms with van der Waals surface area (Å²) < 4.78 is 30.6. The van der Waals surface area contributed by atoms with Crippen molar-refractivity contribution in [2.24, 2.45) is 0 Å². The average Bonchev–Trinajstić information content (AvgIpc) is 2.24. The lowest BCUT2D eigenvalue weighted by molar-refractivity contribution is -0.139. The van der Waals surface area contributed by atoms with Crippen molar-refractivity contribution in [1.82, 2.24) is 5.32 Å². The van der Waals surface area contributed by atoms with Crippen molar-refractivity contribution in [2.45, 2.75) is 44.1 Å². The van der Waals surface area contributed by atoms with Crippen LogP contribution in [0.4, 0.5) is 13.6 Å². The Morgan fingerprint density at radius 3 is 2.35 bits per heavy atom. The van der Waals surface area contributed by atoms with Gasteiger partial charge in [0, 0.05) is 5.75 Å². The molecular formula is C11H18ClF2NO4S. The van der Waals surface area contributed by atoms with Gasteiger partial charge in [-0.2, -0.15) is 8.78 Å². The zero-order valence-corrected chi connectivity index (χ0v) is 13.0. The lowest BCUT2D eigenvalue weighted by Gasteiger charge is -2.22. The van der Waals surface area contributed by atoms with E-state index in [9.17, 15) is 18.4 Å². The van der Waals surface area contributed by atoms with Gasteiger partial charge in [0.1, 0.15) is 11.6 Å². The van der Waals surface area contributed by atoms with Crippen LogP contribution >= 0.6 is 23.4 Å². The predicted octanol–water partition coefficient (Wildman–Crippen LogP) is 2.92. The molecule has 1 amide bonds. The summed E-state index contributed by atoms with van der Waals surface area (Å²) in [6, 6.07) is -1.29. The fourth-order valence-electron chi connectivity index (χ4n) is 1.07. The summed E-state index contributed by atoms with van der Waals surface area (Å²) >= 11 is 5.30. The first-order valence-corrected chi connectivity index (χ1v) is 7.29. The first-order valence-electron chi connectivity index (χ1n) is 5.77. The molecule has 0 radical (unpaired) electrons. The van der Waals surface area contributed by atoms with Crippen molar-refractivity contribution >= 4 is 35.4 Å². The summed E-state index contributed by atoms with van der Waals surface area (Å²) in [6.07, 6.45) is -1.06. The number of carboxylic acid groups (broad SMARTS) is 1. The summed E-state index contributed by atoms with van der Waals surface area (Å²) in [5.74, 6) is -2.33. The molecule has 118 valence electrons. The van der Waals surface area contributed by atoms with E-state index in [1.54, 1.807) is 20.8 Å². The Hall–Kier alpha value is -0.760. The molecule has 5 nitrogen and oxygen atoms in total. The first-order chi connectivity index (χ1) is 8.97. The number of thioether (sulfide) groups is 1. The van der Waals surface area contributed by atoms with Crippen molar-refractivity contribution in [1.29, 1.82) is 0 Å². The van der Waals surface area contributed by atoms with Crippen molar-refractivity contribution in [3.8, 4) is 0 Å². The smallest absolute Gasteiger partial charge is 0.408 e. The monoisotopic (exact) mass is 333 g/mol. The Kier molecular flexibility index (Phi) is 7.57. The number of carbonyl (C=O) groups excluding carboxylic acids is 1. The summed E-state index contributed by atoms with van der Waals surface area (Å²) in [7, 11) is 0. The van der Waals surface area contributed by atoms with Crippen LogP contribution in [0, 0.1) is 0 Å². The van der Waals surface area contributed by atoms with Gasteiger partial charge in [0.25, 0.3) is 0 Å². The van der Waals surface area contributed by atoms with Gasteiger partial charge in [-0.25, -0.2) is 9.59 Å². The Bertz CT molecular complexity index is 350. The van der Waals surface area contributed by atoms with Gasteiger partial charge in [0.05, 0.1) is 5.88 Å². The van der Waals surface area contributed by atoms with Crippen molar-refractivity contribution in [3.63, 3.8) is 0 Å². The van der Waals surface area contributed by atoms with E-state index in [0.717, 1.165) is 0 Å². The number of hydrogen-bond acceptors (Lipinski definition) is 4. The van der Waals surface area contributed by atoms with Gasteiger partial charge in [-0.3, -0.25) is 0 Å². The van der Waals surface area contributed by atoms with Gasteiger partial charge in [0.2, 0.25) is 0 Å². The number of aliphatic carboxylic acids is 1. The molecule has 1 unspecified atom stereocenters. The van der Waals surface area contributed by atoms with E-state index in [-0.39, 0.29) is 23.9 Å². The minimum absolute atomic E-state index is 0.160. The second-order valence-electron chi connectivity index (χ2n) is 4.95. The van der Waals surface area contributed by atoms with Crippen LogP contribution in [0.15, 0.2) is 0 Å². The van der Waals surface area contributed by atoms with Crippen LogP contribution in [0.3, 0.4) is 0 Å². The maximum atomic E-state index is 12.9. The van der Waals surface area contributed by atoms with Crippen molar-refractivity contribution in [3.05, 3.63) is 0 Å². The van der Waals surface area contributed by atoms with Gasteiger partial charge in [-0.05, 0) is 27.2 Å². The van der Waals surface area contributed by atoms with Gasteiger partial charge >= 0.3 is 17.3 Å². The largest absolute Gasteiger partial charge is 0.480 e. The molecule has 0 spiro atoms. The van der Waals surface area contributed by atoms with E-state index in [0.29, 0.717) is 0 Å². The summed E-state index contributed by atoms with van der Waals surface area (Å²) in [4.78, 5) is 22.3. The van der Waals surface area contributed by atoms with Gasteiger partial charge in [-0.1, -0.05) is 11.8 Å². The van der Waals surface area contributed by atoms with Crippen LogP contribution in [-0.2, 0) is 9.53 Å². The second-order valence-corrected chi connectivity index (χ2v) is 6.51. The van der Waals surface area contributed by atoms with E-state index in [1.807, 2.05) is 0 Å². The molecule has 0 aromatic carbocycles. The number of nitrogens with one attached hydrogen (secondary N) is 1. The summed E-state index contributed by atoms with van der Waals surface area (Å²) in [5, 5.41) is 7.92. The fourth-order valence-corrected chi connectivity index (χ4v) is 2.03. The standard InChI is InChI=1S/C11H18ClF2NO4S/c1-10(2,3)19-9(18)15-7(8(16)17)4-5-20-11(13,14)6-12/h7H,4-6H2,1-3H3,(H,15,18)(H,16,17). The highest BCUT2D eigenvalue weighted by atomic mass is 35.5. The molecule has 0 aromatic heterocycles. The second kappa shape index (κ2) is 7.87. The van der Waals surface area contributed by atoms with Crippen LogP contribution in [0.5, 0.6) is 0 Å². The Morgan fingerprint density at radius 2 is 1.95 bits per heavy atom. The molecule has 0 fully saturated rings. The molecular weight excluding hydrogens is 316 g/mol. The normalized spacial score (nSPS) is 13.7. The number of rotatable bonds is 7. The quantitative estimate of drug-likeness (QED) is 0.701. The fraction of sp³-hybridized carbons (Fsp3) is 0.818. The predicted molar refractivity (Wildman–Crippen MR) is 73.5 cm³/mol. The van der Waals surface area contributed by atoms with Gasteiger partial charge < -0.3 is 15.2 Å². The van der Waals surface area contributed by atoms with Gasteiger partial charge in [0.15, 0.2) is 0 Å².